The highest BCUT2D eigenvalue weighted by Gasteiger charge is 2.49. The third-order valence-corrected chi connectivity index (χ3v) is 5.36. The number of amides is 2. The van der Waals surface area contributed by atoms with Crippen molar-refractivity contribution in [2.75, 3.05) is 44.7 Å². The van der Waals surface area contributed by atoms with Crippen molar-refractivity contribution < 1.29 is 19.1 Å². The summed E-state index contributed by atoms with van der Waals surface area (Å²) in [6.07, 6.45) is 1.57. The number of anilines is 1. The molecule has 1 saturated heterocycles. The highest BCUT2D eigenvalue weighted by Crippen LogP contribution is 2.35. The van der Waals surface area contributed by atoms with Crippen LogP contribution < -0.4 is 16.0 Å². The SMILES string of the molecule is CCC(=O)N(c1ccccc1)C1(C(=O)OC)CCN(CCC(=O)NCCN)CC1. The summed E-state index contributed by atoms with van der Waals surface area (Å²) in [6, 6.07) is 9.26. The van der Waals surface area contributed by atoms with Crippen LogP contribution in [0, 0.1) is 0 Å². The number of benzene rings is 1. The zero-order chi connectivity index (χ0) is 21.3. The van der Waals surface area contributed by atoms with Crippen molar-refractivity contribution in [3.05, 3.63) is 30.3 Å². The average molecular weight is 405 g/mol. The number of ether oxygens (including phenoxy) is 1. The lowest BCUT2D eigenvalue weighted by Gasteiger charge is -2.46. The Morgan fingerprint density at radius 2 is 1.86 bits per heavy atom. The quantitative estimate of drug-likeness (QED) is 0.593. The lowest BCUT2D eigenvalue weighted by atomic mass is 9.84. The standard InChI is InChI=1S/C21H32N4O4/c1-3-19(27)25(17-7-5-4-6-8-17)21(20(28)29-2)10-15-24(16-11-21)14-9-18(26)23-13-12-22/h4-8H,3,9-16,22H2,1-2H3,(H,23,26). The van der Waals surface area contributed by atoms with Crippen molar-refractivity contribution in [2.45, 2.75) is 38.1 Å². The molecule has 0 aromatic heterocycles. The molecule has 160 valence electrons. The number of methoxy groups -OCH3 is 1. The molecule has 3 N–H and O–H groups in total. The summed E-state index contributed by atoms with van der Waals surface area (Å²) in [5.41, 5.74) is 5.05. The van der Waals surface area contributed by atoms with Gasteiger partial charge in [0.1, 0.15) is 5.54 Å². The smallest absolute Gasteiger partial charge is 0.332 e. The number of hydrogen-bond acceptors (Lipinski definition) is 6. The molecule has 8 nitrogen and oxygen atoms in total. The maximum atomic E-state index is 12.9. The van der Waals surface area contributed by atoms with Crippen molar-refractivity contribution >= 4 is 23.5 Å². The van der Waals surface area contributed by atoms with E-state index in [1.165, 1.54) is 7.11 Å². The number of piperidine rings is 1. The minimum absolute atomic E-state index is 0.0349. The van der Waals surface area contributed by atoms with Crippen LogP contribution in [0.1, 0.15) is 32.6 Å². The zero-order valence-electron chi connectivity index (χ0n) is 17.4. The molecular weight excluding hydrogens is 372 g/mol. The van der Waals surface area contributed by atoms with Gasteiger partial charge in [-0.3, -0.25) is 14.5 Å². The summed E-state index contributed by atoms with van der Waals surface area (Å²) < 4.78 is 5.14. The number of carbonyl (C=O) groups excluding carboxylic acids is 3. The summed E-state index contributed by atoms with van der Waals surface area (Å²) in [5, 5.41) is 2.76. The highest BCUT2D eigenvalue weighted by atomic mass is 16.5. The van der Waals surface area contributed by atoms with Crippen LogP contribution in [0.2, 0.25) is 0 Å². The van der Waals surface area contributed by atoms with Crippen LogP contribution in [-0.2, 0) is 19.1 Å². The van der Waals surface area contributed by atoms with Gasteiger partial charge in [-0.2, -0.15) is 0 Å². The molecule has 1 aliphatic heterocycles. The van der Waals surface area contributed by atoms with Crippen LogP contribution in [0.5, 0.6) is 0 Å². The molecule has 8 heteroatoms. The summed E-state index contributed by atoms with van der Waals surface area (Å²) in [7, 11) is 1.36. The summed E-state index contributed by atoms with van der Waals surface area (Å²) in [4.78, 5) is 41.4. The molecule has 0 unspecified atom stereocenters. The fraction of sp³-hybridized carbons (Fsp3) is 0.571. The Morgan fingerprint density at radius 1 is 1.21 bits per heavy atom. The van der Waals surface area contributed by atoms with Gasteiger partial charge in [0.25, 0.3) is 0 Å². The Kier molecular flexibility index (Phi) is 8.60. The third kappa shape index (κ3) is 5.55. The Morgan fingerprint density at radius 3 is 2.41 bits per heavy atom. The van der Waals surface area contributed by atoms with E-state index in [0.717, 1.165) is 0 Å². The lowest BCUT2D eigenvalue weighted by Crippen LogP contribution is -2.62. The van der Waals surface area contributed by atoms with Gasteiger partial charge in [-0.15, -0.1) is 0 Å². The van der Waals surface area contributed by atoms with E-state index in [9.17, 15) is 14.4 Å². The van der Waals surface area contributed by atoms with Crippen LogP contribution in [0.15, 0.2) is 30.3 Å². The molecule has 1 heterocycles. The average Bonchev–Trinajstić information content (AvgIpc) is 2.77. The molecule has 0 radical (unpaired) electrons. The molecule has 0 atom stereocenters. The molecule has 29 heavy (non-hydrogen) atoms. The number of rotatable bonds is 9. The van der Waals surface area contributed by atoms with E-state index < -0.39 is 11.5 Å². The number of hydrogen-bond donors (Lipinski definition) is 2. The van der Waals surface area contributed by atoms with E-state index in [-0.39, 0.29) is 11.8 Å². The molecule has 1 aliphatic rings. The predicted molar refractivity (Wildman–Crippen MR) is 111 cm³/mol. The Hall–Kier alpha value is -2.45. The summed E-state index contributed by atoms with van der Waals surface area (Å²) in [5.74, 6) is -0.549. The minimum Gasteiger partial charge on any atom is -0.467 e. The van der Waals surface area contributed by atoms with E-state index in [1.54, 1.807) is 11.8 Å². The number of nitrogens with zero attached hydrogens (tertiary/aromatic N) is 2. The first-order valence-electron chi connectivity index (χ1n) is 10.1. The largest absolute Gasteiger partial charge is 0.467 e. The van der Waals surface area contributed by atoms with Gasteiger partial charge in [0, 0.05) is 51.3 Å². The van der Waals surface area contributed by atoms with Crippen LogP contribution in [0.25, 0.3) is 0 Å². The van der Waals surface area contributed by atoms with Crippen molar-refractivity contribution in [1.29, 1.82) is 0 Å². The number of nitrogens with two attached hydrogens (primary N) is 1. The maximum absolute atomic E-state index is 12.9. The monoisotopic (exact) mass is 404 g/mol. The van der Waals surface area contributed by atoms with Gasteiger partial charge in [0.05, 0.1) is 7.11 Å². The maximum Gasteiger partial charge on any atom is 0.332 e. The van der Waals surface area contributed by atoms with Crippen LogP contribution >= 0.6 is 0 Å². The molecule has 0 spiro atoms. The van der Waals surface area contributed by atoms with Crippen LogP contribution in [0.3, 0.4) is 0 Å². The molecular formula is C21H32N4O4. The summed E-state index contributed by atoms with van der Waals surface area (Å²) >= 11 is 0. The van der Waals surface area contributed by atoms with E-state index in [4.69, 9.17) is 10.5 Å². The molecule has 1 aromatic carbocycles. The first kappa shape index (κ1) is 22.8. The van der Waals surface area contributed by atoms with Gasteiger partial charge in [0.15, 0.2) is 0 Å². The number of para-hydroxylation sites is 1. The number of esters is 1. The van der Waals surface area contributed by atoms with Gasteiger partial charge < -0.3 is 20.7 Å². The van der Waals surface area contributed by atoms with E-state index in [0.29, 0.717) is 64.1 Å². The summed E-state index contributed by atoms with van der Waals surface area (Å²) in [6.45, 7) is 4.46. The third-order valence-electron chi connectivity index (χ3n) is 5.36. The highest BCUT2D eigenvalue weighted by molar-refractivity contribution is 6.02. The van der Waals surface area contributed by atoms with E-state index in [2.05, 4.69) is 10.2 Å². The number of carbonyl (C=O) groups is 3. The lowest BCUT2D eigenvalue weighted by molar-refractivity contribution is -0.151. The number of nitrogens with one attached hydrogen (secondary N) is 1. The van der Waals surface area contributed by atoms with Crippen LogP contribution in [0.4, 0.5) is 5.69 Å². The van der Waals surface area contributed by atoms with Crippen molar-refractivity contribution in [1.82, 2.24) is 10.2 Å². The molecule has 1 fully saturated rings. The minimum atomic E-state index is -1.04. The van der Waals surface area contributed by atoms with Gasteiger partial charge in [0.2, 0.25) is 11.8 Å². The molecule has 2 rings (SSSR count). The first-order chi connectivity index (χ1) is 14.0. The number of likely N-dealkylation sites (tertiary alicyclic amines) is 1. The second-order valence-corrected chi connectivity index (χ2v) is 7.17. The molecule has 1 aromatic rings. The second-order valence-electron chi connectivity index (χ2n) is 7.17. The van der Waals surface area contributed by atoms with Crippen molar-refractivity contribution in [2.24, 2.45) is 5.73 Å². The van der Waals surface area contributed by atoms with Crippen LogP contribution in [-0.4, -0.2) is 68.1 Å². The van der Waals surface area contributed by atoms with Crippen molar-refractivity contribution in [3.8, 4) is 0 Å². The van der Waals surface area contributed by atoms with Gasteiger partial charge in [-0.05, 0) is 25.0 Å². The predicted octanol–water partition coefficient (Wildman–Crippen LogP) is 0.902. The molecule has 0 saturated carbocycles. The van der Waals surface area contributed by atoms with E-state index >= 15 is 0 Å². The Bertz CT molecular complexity index is 687. The topological polar surface area (TPSA) is 105 Å². The molecule has 0 aliphatic carbocycles. The van der Waals surface area contributed by atoms with Gasteiger partial charge in [-0.25, -0.2) is 4.79 Å². The zero-order valence-corrected chi connectivity index (χ0v) is 17.4. The van der Waals surface area contributed by atoms with Crippen molar-refractivity contribution in [3.63, 3.8) is 0 Å². The second kappa shape index (κ2) is 10.9. The normalized spacial score (nSPS) is 16.1. The Balaban J connectivity index is 2.16. The molecule has 2 amide bonds. The Labute approximate surface area is 172 Å². The fourth-order valence-corrected chi connectivity index (χ4v) is 3.78. The first-order valence-corrected chi connectivity index (χ1v) is 10.1. The molecule has 0 bridgehead atoms. The van der Waals surface area contributed by atoms with E-state index in [1.807, 2.05) is 30.3 Å². The van der Waals surface area contributed by atoms with Gasteiger partial charge >= 0.3 is 5.97 Å². The van der Waals surface area contributed by atoms with Gasteiger partial charge in [-0.1, -0.05) is 25.1 Å². The fourth-order valence-electron chi connectivity index (χ4n) is 3.78.